The van der Waals surface area contributed by atoms with E-state index in [2.05, 4.69) is 106 Å². The molecular weight excluding hydrogens is 352 g/mol. The van der Waals surface area contributed by atoms with Crippen molar-refractivity contribution in [2.24, 2.45) is 5.92 Å². The highest BCUT2D eigenvalue weighted by atomic mass is 15.1. The lowest BCUT2D eigenvalue weighted by Gasteiger charge is -2.40. The third kappa shape index (κ3) is 7.28. The molecule has 0 aliphatic rings. The molecular formula is C27H42N2. The van der Waals surface area contributed by atoms with Crippen molar-refractivity contribution in [2.45, 2.75) is 64.8 Å². The fraction of sp³-hybridized carbons (Fsp3) is 0.556. The predicted molar refractivity (Wildman–Crippen MR) is 128 cm³/mol. The maximum atomic E-state index is 3.82. The number of nitrogens with zero attached hydrogens (tertiary/aromatic N) is 1. The number of rotatable bonds is 13. The number of nitrogens with one attached hydrogen (secondary N) is 1. The Morgan fingerprint density at radius 1 is 0.897 bits per heavy atom. The Morgan fingerprint density at radius 3 is 2.10 bits per heavy atom. The summed E-state index contributed by atoms with van der Waals surface area (Å²) in [7, 11) is 2.26. The Hall–Kier alpha value is -1.64. The van der Waals surface area contributed by atoms with Crippen molar-refractivity contribution in [3.8, 4) is 0 Å². The van der Waals surface area contributed by atoms with Crippen molar-refractivity contribution >= 4 is 0 Å². The summed E-state index contributed by atoms with van der Waals surface area (Å²) in [4.78, 5) is 2.49. The highest BCUT2D eigenvalue weighted by Crippen LogP contribution is 2.36. The van der Waals surface area contributed by atoms with Crippen LogP contribution in [0.3, 0.4) is 0 Å². The molecule has 2 unspecified atom stereocenters. The molecule has 1 N–H and O–H groups in total. The minimum absolute atomic E-state index is 0.185. The number of likely N-dealkylation sites (N-methyl/N-ethyl adjacent to an activating group) is 1. The Bertz CT molecular complexity index is 667. The summed E-state index contributed by atoms with van der Waals surface area (Å²) in [5, 5.41) is 3.82. The first-order valence-electron chi connectivity index (χ1n) is 11.5. The molecule has 0 saturated heterocycles. The smallest absolute Gasteiger partial charge is 0.0101 e. The molecule has 0 aliphatic heterocycles. The quantitative estimate of drug-likeness (QED) is 0.453. The average Bonchev–Trinajstić information content (AvgIpc) is 2.75. The van der Waals surface area contributed by atoms with Crippen LogP contribution >= 0.6 is 0 Å². The van der Waals surface area contributed by atoms with Gasteiger partial charge in [0.1, 0.15) is 0 Å². The molecule has 0 amide bonds. The first-order chi connectivity index (χ1) is 14.0. The van der Waals surface area contributed by atoms with Crippen molar-refractivity contribution in [1.29, 1.82) is 0 Å². The van der Waals surface area contributed by atoms with E-state index < -0.39 is 0 Å². The average molecular weight is 395 g/mol. The first-order valence-corrected chi connectivity index (χ1v) is 11.5. The van der Waals surface area contributed by atoms with Gasteiger partial charge in [0, 0.05) is 24.5 Å². The molecule has 0 bridgehead atoms. The molecule has 0 fully saturated rings. The molecule has 0 saturated carbocycles. The predicted octanol–water partition coefficient (Wildman–Crippen LogP) is 5.92. The van der Waals surface area contributed by atoms with Crippen molar-refractivity contribution in [1.82, 2.24) is 10.2 Å². The maximum Gasteiger partial charge on any atom is 0.0101 e. The highest BCUT2D eigenvalue weighted by molar-refractivity contribution is 5.27. The molecule has 2 rings (SSSR count). The van der Waals surface area contributed by atoms with Crippen LogP contribution in [0.25, 0.3) is 0 Å². The molecule has 0 spiro atoms. The van der Waals surface area contributed by atoms with Gasteiger partial charge in [0.25, 0.3) is 0 Å². The molecule has 2 aromatic carbocycles. The van der Waals surface area contributed by atoms with E-state index in [4.69, 9.17) is 0 Å². The summed E-state index contributed by atoms with van der Waals surface area (Å²) in [6, 6.07) is 22.6. The SMILES string of the molecule is CCC(C)NCC(CCCN(C)CCc1ccccc1)(c1ccccc1)C(C)C. The van der Waals surface area contributed by atoms with Crippen molar-refractivity contribution in [2.75, 3.05) is 26.7 Å². The summed E-state index contributed by atoms with van der Waals surface area (Å²) in [6.45, 7) is 12.7. The molecule has 2 aromatic rings. The van der Waals surface area contributed by atoms with Crippen LogP contribution in [0.15, 0.2) is 60.7 Å². The molecule has 2 heteroatoms. The van der Waals surface area contributed by atoms with Gasteiger partial charge in [-0.2, -0.15) is 0 Å². The molecule has 0 aliphatic carbocycles. The Balaban J connectivity index is 1.99. The second-order valence-corrected chi connectivity index (χ2v) is 9.01. The van der Waals surface area contributed by atoms with Crippen LogP contribution in [-0.2, 0) is 11.8 Å². The minimum atomic E-state index is 0.185. The summed E-state index contributed by atoms with van der Waals surface area (Å²) < 4.78 is 0. The van der Waals surface area contributed by atoms with E-state index in [0.29, 0.717) is 12.0 Å². The van der Waals surface area contributed by atoms with Gasteiger partial charge in [-0.05, 0) is 63.2 Å². The summed E-state index contributed by atoms with van der Waals surface area (Å²) in [5.74, 6) is 0.594. The van der Waals surface area contributed by atoms with Crippen molar-refractivity contribution in [3.63, 3.8) is 0 Å². The third-order valence-corrected chi connectivity index (χ3v) is 6.62. The Morgan fingerprint density at radius 2 is 1.52 bits per heavy atom. The largest absolute Gasteiger partial charge is 0.313 e. The number of benzene rings is 2. The standard InChI is InChI=1S/C27H42N2/c1-6-24(4)28-22-27(23(2)3,26-16-11-8-12-17-26)19-13-20-29(5)21-18-25-14-9-7-10-15-25/h7-12,14-17,23-24,28H,6,13,18-22H2,1-5H3. The van der Waals surface area contributed by atoms with Gasteiger partial charge in [-0.3, -0.25) is 0 Å². The number of hydrogen-bond donors (Lipinski definition) is 1. The molecule has 0 heterocycles. The van der Waals surface area contributed by atoms with Gasteiger partial charge in [0.15, 0.2) is 0 Å². The molecule has 0 aromatic heterocycles. The lowest BCUT2D eigenvalue weighted by molar-refractivity contribution is 0.235. The van der Waals surface area contributed by atoms with E-state index in [-0.39, 0.29) is 5.41 Å². The van der Waals surface area contributed by atoms with Gasteiger partial charge in [0.05, 0.1) is 0 Å². The zero-order valence-corrected chi connectivity index (χ0v) is 19.3. The zero-order valence-electron chi connectivity index (χ0n) is 19.3. The molecule has 29 heavy (non-hydrogen) atoms. The van der Waals surface area contributed by atoms with E-state index in [0.717, 1.165) is 26.1 Å². The van der Waals surface area contributed by atoms with Gasteiger partial charge in [0.2, 0.25) is 0 Å². The van der Waals surface area contributed by atoms with Crippen LogP contribution in [-0.4, -0.2) is 37.6 Å². The Labute approximate surface area is 179 Å². The van der Waals surface area contributed by atoms with Crippen molar-refractivity contribution < 1.29 is 0 Å². The van der Waals surface area contributed by atoms with Gasteiger partial charge in [-0.25, -0.2) is 0 Å². The zero-order chi connectivity index (χ0) is 21.1. The van der Waals surface area contributed by atoms with E-state index in [1.807, 2.05) is 0 Å². The van der Waals surface area contributed by atoms with E-state index >= 15 is 0 Å². The summed E-state index contributed by atoms with van der Waals surface area (Å²) in [5.41, 5.74) is 3.10. The molecule has 0 radical (unpaired) electrons. The second-order valence-electron chi connectivity index (χ2n) is 9.01. The van der Waals surface area contributed by atoms with Crippen LogP contribution in [0, 0.1) is 5.92 Å². The van der Waals surface area contributed by atoms with Crippen molar-refractivity contribution in [3.05, 3.63) is 71.8 Å². The number of hydrogen-bond acceptors (Lipinski definition) is 2. The lowest BCUT2D eigenvalue weighted by Crippen LogP contribution is -2.45. The van der Waals surface area contributed by atoms with Gasteiger partial charge in [-0.15, -0.1) is 0 Å². The second kappa shape index (κ2) is 12.1. The molecule has 160 valence electrons. The third-order valence-electron chi connectivity index (χ3n) is 6.62. The normalized spacial score (nSPS) is 14.9. The highest BCUT2D eigenvalue weighted by Gasteiger charge is 2.35. The first kappa shape index (κ1) is 23.6. The maximum absolute atomic E-state index is 3.82. The fourth-order valence-electron chi connectivity index (χ4n) is 4.17. The van der Waals surface area contributed by atoms with Crippen LogP contribution < -0.4 is 5.32 Å². The van der Waals surface area contributed by atoms with E-state index in [9.17, 15) is 0 Å². The van der Waals surface area contributed by atoms with Crippen LogP contribution in [0.5, 0.6) is 0 Å². The fourth-order valence-corrected chi connectivity index (χ4v) is 4.17. The summed E-state index contributed by atoms with van der Waals surface area (Å²) in [6.07, 6.45) is 4.74. The van der Waals surface area contributed by atoms with E-state index in [1.165, 1.54) is 30.4 Å². The van der Waals surface area contributed by atoms with E-state index in [1.54, 1.807) is 0 Å². The monoisotopic (exact) mass is 394 g/mol. The van der Waals surface area contributed by atoms with Gasteiger partial charge >= 0.3 is 0 Å². The molecule has 2 atom stereocenters. The van der Waals surface area contributed by atoms with Gasteiger partial charge in [-0.1, -0.05) is 81.4 Å². The van der Waals surface area contributed by atoms with Crippen LogP contribution in [0.1, 0.15) is 58.1 Å². The Kier molecular flexibility index (Phi) is 9.90. The lowest BCUT2D eigenvalue weighted by atomic mass is 9.68. The van der Waals surface area contributed by atoms with Crippen LogP contribution in [0.2, 0.25) is 0 Å². The van der Waals surface area contributed by atoms with Gasteiger partial charge < -0.3 is 10.2 Å². The van der Waals surface area contributed by atoms with Crippen LogP contribution in [0.4, 0.5) is 0 Å². The molecule has 2 nitrogen and oxygen atoms in total. The minimum Gasteiger partial charge on any atom is -0.313 e. The summed E-state index contributed by atoms with van der Waals surface area (Å²) >= 11 is 0. The topological polar surface area (TPSA) is 15.3 Å².